The Morgan fingerprint density at radius 1 is 1.20 bits per heavy atom. The van der Waals surface area contributed by atoms with E-state index < -0.39 is 17.8 Å². The van der Waals surface area contributed by atoms with Crippen molar-refractivity contribution in [3.8, 4) is 17.5 Å². The molecule has 0 spiro atoms. The van der Waals surface area contributed by atoms with E-state index in [9.17, 15) is 18.3 Å². The van der Waals surface area contributed by atoms with Crippen molar-refractivity contribution in [3.05, 3.63) is 71.1 Å². The number of aliphatic hydroxyl groups is 1. The molecule has 6 nitrogen and oxygen atoms in total. The van der Waals surface area contributed by atoms with Crippen LogP contribution in [0.15, 0.2) is 53.1 Å². The fourth-order valence-electron chi connectivity index (χ4n) is 3.58. The second kappa shape index (κ2) is 7.89. The minimum Gasteiger partial charge on any atom is -0.392 e. The largest absolute Gasteiger partial charge is 0.416 e. The van der Waals surface area contributed by atoms with E-state index in [4.69, 9.17) is 9.78 Å². The summed E-state index contributed by atoms with van der Waals surface area (Å²) in [5.41, 5.74) is 1.12. The Hall–Kier alpha value is -3.22. The molecular weight excluding hydrogens is 397 g/mol. The van der Waals surface area contributed by atoms with Crippen molar-refractivity contribution in [2.24, 2.45) is 0 Å². The van der Waals surface area contributed by atoms with E-state index in [2.05, 4.69) is 16.2 Å². The Balaban J connectivity index is 1.54. The van der Waals surface area contributed by atoms with E-state index >= 15 is 0 Å². The van der Waals surface area contributed by atoms with E-state index in [1.54, 1.807) is 18.2 Å². The lowest BCUT2D eigenvalue weighted by Gasteiger charge is -2.21. The van der Waals surface area contributed by atoms with Crippen LogP contribution in [-0.2, 0) is 12.7 Å². The topological polar surface area (TPSA) is 86.2 Å². The summed E-state index contributed by atoms with van der Waals surface area (Å²) in [5, 5.41) is 23.1. The van der Waals surface area contributed by atoms with Crippen molar-refractivity contribution in [1.82, 2.24) is 15.0 Å². The van der Waals surface area contributed by atoms with Gasteiger partial charge in [0, 0.05) is 18.7 Å². The van der Waals surface area contributed by atoms with Crippen LogP contribution >= 0.6 is 0 Å². The lowest BCUT2D eigenvalue weighted by atomic mass is 10.1. The molecule has 0 amide bonds. The highest BCUT2D eigenvalue weighted by atomic mass is 19.4. The zero-order valence-electron chi connectivity index (χ0n) is 15.7. The second-order valence-electron chi connectivity index (χ2n) is 7.18. The van der Waals surface area contributed by atoms with Crippen molar-refractivity contribution >= 4 is 0 Å². The fraction of sp³-hybridized carbons (Fsp3) is 0.286. The van der Waals surface area contributed by atoms with Crippen LogP contribution in [0, 0.1) is 11.3 Å². The molecule has 3 aromatic rings. The van der Waals surface area contributed by atoms with Gasteiger partial charge in [0.1, 0.15) is 0 Å². The van der Waals surface area contributed by atoms with Crippen LogP contribution in [0.3, 0.4) is 0 Å². The molecule has 4 rings (SSSR count). The summed E-state index contributed by atoms with van der Waals surface area (Å²) in [7, 11) is 0. The number of hydrogen-bond acceptors (Lipinski definition) is 6. The molecule has 1 fully saturated rings. The maximum Gasteiger partial charge on any atom is 0.416 e. The van der Waals surface area contributed by atoms with Gasteiger partial charge >= 0.3 is 6.18 Å². The zero-order valence-corrected chi connectivity index (χ0v) is 15.7. The Morgan fingerprint density at radius 3 is 2.67 bits per heavy atom. The first-order chi connectivity index (χ1) is 14.3. The first kappa shape index (κ1) is 20.1. The summed E-state index contributed by atoms with van der Waals surface area (Å²) < 4.78 is 43.6. The summed E-state index contributed by atoms with van der Waals surface area (Å²) in [5.74, 6) is 0.476. The first-order valence-electron chi connectivity index (χ1n) is 9.26. The van der Waals surface area contributed by atoms with Crippen molar-refractivity contribution in [3.63, 3.8) is 0 Å². The molecule has 0 radical (unpaired) electrons. The van der Waals surface area contributed by atoms with Crippen LogP contribution in [0.4, 0.5) is 13.2 Å². The molecule has 1 aromatic heterocycles. The van der Waals surface area contributed by atoms with Crippen LogP contribution < -0.4 is 0 Å². The number of halogens is 3. The van der Waals surface area contributed by atoms with Crippen molar-refractivity contribution in [1.29, 1.82) is 5.26 Å². The predicted molar refractivity (Wildman–Crippen MR) is 99.7 cm³/mol. The van der Waals surface area contributed by atoms with Crippen LogP contribution in [0.25, 0.3) is 11.4 Å². The summed E-state index contributed by atoms with van der Waals surface area (Å²) in [6, 6.07) is 13.5. The minimum absolute atomic E-state index is 0.187. The molecule has 2 aromatic carbocycles. The van der Waals surface area contributed by atoms with Crippen LogP contribution in [0.1, 0.15) is 35.0 Å². The molecular formula is C21H17F3N4O2. The molecule has 1 N–H and O–H groups in total. The Bertz CT molecular complexity index is 1070. The van der Waals surface area contributed by atoms with E-state index in [1.165, 1.54) is 12.1 Å². The highest BCUT2D eigenvalue weighted by Crippen LogP contribution is 2.34. The average Bonchev–Trinajstić information content (AvgIpc) is 3.34. The minimum atomic E-state index is -4.41. The van der Waals surface area contributed by atoms with Gasteiger partial charge in [-0.2, -0.15) is 23.4 Å². The van der Waals surface area contributed by atoms with E-state index in [0.29, 0.717) is 30.6 Å². The van der Waals surface area contributed by atoms with Gasteiger partial charge in [-0.3, -0.25) is 4.90 Å². The number of benzene rings is 2. The van der Waals surface area contributed by atoms with Gasteiger partial charge in [0.2, 0.25) is 11.7 Å². The maximum atomic E-state index is 12.7. The number of nitrogens with zero attached hydrogens (tertiary/aromatic N) is 4. The number of aromatic nitrogens is 2. The Labute approximate surface area is 170 Å². The number of aliphatic hydroxyl groups excluding tert-OH is 1. The Morgan fingerprint density at radius 2 is 1.97 bits per heavy atom. The molecule has 2 atom stereocenters. The average molecular weight is 414 g/mol. The third-order valence-corrected chi connectivity index (χ3v) is 5.02. The standard InChI is InChI=1S/C21H17F3N4O2/c22-21(23,24)16-6-4-15(5-7-16)19-26-20(30-27-19)18-9-17(29)12-28(18)11-14-3-1-2-13(8-14)10-25/h1-8,17-18,29H,9,11-12H2/t17-,18+/m1/s1. The van der Waals surface area contributed by atoms with Gasteiger partial charge in [0.05, 0.1) is 29.3 Å². The highest BCUT2D eigenvalue weighted by Gasteiger charge is 2.36. The number of alkyl halides is 3. The van der Waals surface area contributed by atoms with Gasteiger partial charge < -0.3 is 9.63 Å². The third-order valence-electron chi connectivity index (χ3n) is 5.02. The van der Waals surface area contributed by atoms with Gasteiger partial charge in [-0.15, -0.1) is 0 Å². The molecule has 1 aliphatic heterocycles. The molecule has 2 heterocycles. The van der Waals surface area contributed by atoms with Crippen LogP contribution in [0.5, 0.6) is 0 Å². The van der Waals surface area contributed by atoms with Crippen molar-refractivity contribution < 1.29 is 22.8 Å². The van der Waals surface area contributed by atoms with Crippen molar-refractivity contribution in [2.75, 3.05) is 6.54 Å². The number of β-amino-alcohol motifs (C(OH)–C–C–N with tert-alkyl or cyclic N) is 1. The van der Waals surface area contributed by atoms with Gasteiger partial charge in [-0.25, -0.2) is 0 Å². The van der Waals surface area contributed by atoms with E-state index in [-0.39, 0.29) is 17.8 Å². The molecule has 0 saturated carbocycles. The monoisotopic (exact) mass is 414 g/mol. The van der Waals surface area contributed by atoms with Crippen LogP contribution in [-0.4, -0.2) is 32.8 Å². The van der Waals surface area contributed by atoms with E-state index in [1.807, 2.05) is 11.0 Å². The molecule has 1 saturated heterocycles. The maximum absolute atomic E-state index is 12.7. The number of rotatable bonds is 4. The summed E-state index contributed by atoms with van der Waals surface area (Å²) in [4.78, 5) is 6.33. The normalized spacial score (nSPS) is 19.7. The highest BCUT2D eigenvalue weighted by molar-refractivity contribution is 5.55. The first-order valence-corrected chi connectivity index (χ1v) is 9.26. The summed E-state index contributed by atoms with van der Waals surface area (Å²) in [6.45, 7) is 0.884. The van der Waals surface area contributed by atoms with Gasteiger partial charge in [-0.1, -0.05) is 29.4 Å². The fourth-order valence-corrected chi connectivity index (χ4v) is 3.58. The van der Waals surface area contributed by atoms with E-state index in [0.717, 1.165) is 17.7 Å². The molecule has 0 bridgehead atoms. The predicted octanol–water partition coefficient (Wildman–Crippen LogP) is 3.93. The molecule has 0 unspecified atom stereocenters. The smallest absolute Gasteiger partial charge is 0.392 e. The quantitative estimate of drug-likeness (QED) is 0.696. The molecule has 1 aliphatic rings. The number of likely N-dealkylation sites (tertiary alicyclic amines) is 1. The molecule has 154 valence electrons. The molecule has 30 heavy (non-hydrogen) atoms. The third kappa shape index (κ3) is 4.20. The second-order valence-corrected chi connectivity index (χ2v) is 7.18. The summed E-state index contributed by atoms with van der Waals surface area (Å²) in [6.07, 6.45) is -4.59. The zero-order chi connectivity index (χ0) is 21.3. The number of nitriles is 1. The molecule has 9 heteroatoms. The van der Waals surface area contributed by atoms with Gasteiger partial charge in [-0.05, 0) is 36.2 Å². The van der Waals surface area contributed by atoms with Gasteiger partial charge in [0.25, 0.3) is 0 Å². The SMILES string of the molecule is N#Cc1cccc(CN2C[C@H](O)C[C@H]2c2nc(-c3ccc(C(F)(F)F)cc3)no2)c1. The van der Waals surface area contributed by atoms with Gasteiger partial charge in [0.15, 0.2) is 0 Å². The lowest BCUT2D eigenvalue weighted by Crippen LogP contribution is -2.24. The lowest BCUT2D eigenvalue weighted by molar-refractivity contribution is -0.137. The summed E-state index contributed by atoms with van der Waals surface area (Å²) >= 11 is 0. The molecule has 0 aliphatic carbocycles. The Kier molecular flexibility index (Phi) is 5.28. The number of hydrogen-bond donors (Lipinski definition) is 1. The van der Waals surface area contributed by atoms with Crippen molar-refractivity contribution in [2.45, 2.75) is 31.3 Å². The van der Waals surface area contributed by atoms with Crippen LogP contribution in [0.2, 0.25) is 0 Å².